The van der Waals surface area contributed by atoms with Crippen molar-refractivity contribution in [2.75, 3.05) is 19.6 Å². The van der Waals surface area contributed by atoms with Crippen molar-refractivity contribution in [3.8, 4) is 0 Å². The maximum atomic E-state index is 3.63. The molecule has 0 amide bonds. The molecule has 1 fully saturated rings. The van der Waals surface area contributed by atoms with Crippen LogP contribution in [0.3, 0.4) is 0 Å². The van der Waals surface area contributed by atoms with E-state index in [2.05, 4.69) is 61.3 Å². The zero-order valence-electron chi connectivity index (χ0n) is 13.3. The molecular formula is C18H30N2. The molecule has 2 atom stereocenters. The van der Waals surface area contributed by atoms with Gasteiger partial charge in [0.15, 0.2) is 0 Å². The highest BCUT2D eigenvalue weighted by Gasteiger charge is 2.32. The summed E-state index contributed by atoms with van der Waals surface area (Å²) >= 11 is 0. The molecule has 2 rings (SSSR count). The molecule has 20 heavy (non-hydrogen) atoms. The Labute approximate surface area is 124 Å². The van der Waals surface area contributed by atoms with E-state index >= 15 is 0 Å². The van der Waals surface area contributed by atoms with E-state index in [-0.39, 0.29) is 0 Å². The van der Waals surface area contributed by atoms with E-state index < -0.39 is 0 Å². The summed E-state index contributed by atoms with van der Waals surface area (Å²) < 4.78 is 0. The van der Waals surface area contributed by atoms with Gasteiger partial charge in [0.05, 0.1) is 0 Å². The largest absolute Gasteiger partial charge is 0.315 e. The Hall–Kier alpha value is -0.860. The number of nitrogens with one attached hydrogen (secondary N) is 1. The lowest BCUT2D eigenvalue weighted by Crippen LogP contribution is -2.41. The summed E-state index contributed by atoms with van der Waals surface area (Å²) in [6, 6.07) is 12.3. The van der Waals surface area contributed by atoms with Crippen LogP contribution in [0.5, 0.6) is 0 Å². The van der Waals surface area contributed by atoms with Gasteiger partial charge in [-0.15, -0.1) is 0 Å². The number of hydrogen-bond donors (Lipinski definition) is 1. The van der Waals surface area contributed by atoms with Crippen LogP contribution >= 0.6 is 0 Å². The second-order valence-electron chi connectivity index (χ2n) is 6.32. The van der Waals surface area contributed by atoms with Crippen molar-refractivity contribution in [3.63, 3.8) is 0 Å². The third kappa shape index (κ3) is 3.83. The van der Waals surface area contributed by atoms with Gasteiger partial charge in [-0.25, -0.2) is 0 Å². The van der Waals surface area contributed by atoms with E-state index in [1.54, 1.807) is 0 Å². The summed E-state index contributed by atoms with van der Waals surface area (Å²) in [5.41, 5.74) is 1.46. The molecule has 2 unspecified atom stereocenters. The second-order valence-corrected chi connectivity index (χ2v) is 6.32. The van der Waals surface area contributed by atoms with Crippen LogP contribution < -0.4 is 5.32 Å². The third-order valence-electron chi connectivity index (χ3n) is 4.46. The predicted molar refractivity (Wildman–Crippen MR) is 86.9 cm³/mol. The highest BCUT2D eigenvalue weighted by Crippen LogP contribution is 2.32. The van der Waals surface area contributed by atoms with E-state index in [1.807, 2.05) is 0 Å². The van der Waals surface area contributed by atoms with Gasteiger partial charge in [0.1, 0.15) is 0 Å². The molecule has 0 saturated carbocycles. The van der Waals surface area contributed by atoms with Crippen LogP contribution in [0.4, 0.5) is 0 Å². The fourth-order valence-electron chi connectivity index (χ4n) is 3.44. The van der Waals surface area contributed by atoms with E-state index in [0.29, 0.717) is 6.04 Å². The molecule has 1 heterocycles. The van der Waals surface area contributed by atoms with Gasteiger partial charge in [-0.05, 0) is 43.8 Å². The third-order valence-corrected chi connectivity index (χ3v) is 4.46. The molecule has 1 aliphatic rings. The minimum atomic E-state index is 0.526. The Morgan fingerprint density at radius 2 is 2.00 bits per heavy atom. The van der Waals surface area contributed by atoms with Crippen molar-refractivity contribution in [2.45, 2.75) is 52.1 Å². The van der Waals surface area contributed by atoms with Gasteiger partial charge in [-0.1, -0.05) is 51.1 Å². The lowest BCUT2D eigenvalue weighted by atomic mass is 9.98. The Morgan fingerprint density at radius 3 is 2.65 bits per heavy atom. The van der Waals surface area contributed by atoms with Crippen molar-refractivity contribution in [2.24, 2.45) is 5.92 Å². The zero-order chi connectivity index (χ0) is 14.4. The fraction of sp³-hybridized carbons (Fsp3) is 0.667. The second kappa shape index (κ2) is 7.80. The standard InChI is InChI=1S/C18H30N2/c1-4-12-19-14-18(16-9-6-5-7-10-16)20-13-8-11-17(20)15(2)3/h5-7,9-10,15,17-19H,4,8,11-14H2,1-3H3. The summed E-state index contributed by atoms with van der Waals surface area (Å²) in [4.78, 5) is 2.74. The summed E-state index contributed by atoms with van der Waals surface area (Å²) in [5, 5.41) is 3.63. The predicted octanol–water partition coefficient (Wildman–Crippen LogP) is 3.85. The SMILES string of the molecule is CCCNCC(c1ccccc1)N1CCCC1C(C)C. The molecule has 0 radical (unpaired) electrons. The van der Waals surface area contributed by atoms with E-state index in [0.717, 1.165) is 25.0 Å². The van der Waals surface area contributed by atoms with E-state index in [4.69, 9.17) is 0 Å². The molecule has 112 valence electrons. The summed E-state index contributed by atoms with van der Waals surface area (Å²) in [5.74, 6) is 0.745. The van der Waals surface area contributed by atoms with Crippen LogP contribution in [0, 0.1) is 5.92 Å². The first-order valence-corrected chi connectivity index (χ1v) is 8.25. The smallest absolute Gasteiger partial charge is 0.0475 e. The Balaban J connectivity index is 2.13. The molecule has 1 N–H and O–H groups in total. The van der Waals surface area contributed by atoms with E-state index in [1.165, 1.54) is 31.4 Å². The van der Waals surface area contributed by atoms with Crippen molar-refractivity contribution >= 4 is 0 Å². The molecule has 0 aromatic heterocycles. The molecule has 0 bridgehead atoms. The number of likely N-dealkylation sites (tertiary alicyclic amines) is 1. The summed E-state index contributed by atoms with van der Waals surface area (Å²) in [6.07, 6.45) is 3.91. The Morgan fingerprint density at radius 1 is 1.25 bits per heavy atom. The van der Waals surface area contributed by atoms with Gasteiger partial charge in [0.25, 0.3) is 0 Å². The lowest BCUT2D eigenvalue weighted by molar-refractivity contribution is 0.143. The molecule has 1 saturated heterocycles. The molecule has 0 aliphatic carbocycles. The van der Waals surface area contributed by atoms with Crippen LogP contribution in [0.2, 0.25) is 0 Å². The van der Waals surface area contributed by atoms with Crippen molar-refractivity contribution in [1.29, 1.82) is 0 Å². The average Bonchev–Trinajstić information content (AvgIpc) is 2.94. The van der Waals surface area contributed by atoms with Crippen molar-refractivity contribution in [1.82, 2.24) is 10.2 Å². The van der Waals surface area contributed by atoms with Gasteiger partial charge in [-0.3, -0.25) is 4.90 Å². The van der Waals surface area contributed by atoms with Crippen molar-refractivity contribution < 1.29 is 0 Å². The van der Waals surface area contributed by atoms with Gasteiger partial charge in [-0.2, -0.15) is 0 Å². The quantitative estimate of drug-likeness (QED) is 0.760. The summed E-state index contributed by atoms with van der Waals surface area (Å²) in [7, 11) is 0. The molecule has 1 aliphatic heterocycles. The lowest BCUT2D eigenvalue weighted by Gasteiger charge is -2.35. The fourth-order valence-corrected chi connectivity index (χ4v) is 3.44. The number of hydrogen-bond acceptors (Lipinski definition) is 2. The first-order chi connectivity index (χ1) is 9.74. The molecule has 1 aromatic rings. The molecule has 1 aromatic carbocycles. The normalized spacial score (nSPS) is 21.5. The Kier molecular flexibility index (Phi) is 6.06. The van der Waals surface area contributed by atoms with Crippen LogP contribution in [0.1, 0.15) is 51.6 Å². The molecular weight excluding hydrogens is 244 g/mol. The first kappa shape index (κ1) is 15.5. The minimum absolute atomic E-state index is 0.526. The van der Waals surface area contributed by atoms with Crippen LogP contribution in [-0.2, 0) is 0 Å². The van der Waals surface area contributed by atoms with Crippen LogP contribution in [0.15, 0.2) is 30.3 Å². The minimum Gasteiger partial charge on any atom is -0.315 e. The number of benzene rings is 1. The zero-order valence-corrected chi connectivity index (χ0v) is 13.3. The molecule has 2 nitrogen and oxygen atoms in total. The van der Waals surface area contributed by atoms with Gasteiger partial charge < -0.3 is 5.32 Å². The van der Waals surface area contributed by atoms with Gasteiger partial charge in [0.2, 0.25) is 0 Å². The van der Waals surface area contributed by atoms with Crippen molar-refractivity contribution in [3.05, 3.63) is 35.9 Å². The van der Waals surface area contributed by atoms with Crippen LogP contribution in [-0.4, -0.2) is 30.6 Å². The topological polar surface area (TPSA) is 15.3 Å². The van der Waals surface area contributed by atoms with Crippen LogP contribution in [0.25, 0.3) is 0 Å². The summed E-state index contributed by atoms with van der Waals surface area (Å²) in [6.45, 7) is 10.4. The molecule has 2 heteroatoms. The van der Waals surface area contributed by atoms with Gasteiger partial charge >= 0.3 is 0 Å². The monoisotopic (exact) mass is 274 g/mol. The maximum Gasteiger partial charge on any atom is 0.0475 e. The highest BCUT2D eigenvalue weighted by atomic mass is 15.2. The highest BCUT2D eigenvalue weighted by molar-refractivity contribution is 5.20. The average molecular weight is 274 g/mol. The first-order valence-electron chi connectivity index (χ1n) is 8.25. The number of nitrogens with zero attached hydrogens (tertiary/aromatic N) is 1. The maximum absolute atomic E-state index is 3.63. The number of rotatable bonds is 7. The van der Waals surface area contributed by atoms with Gasteiger partial charge in [0, 0.05) is 18.6 Å². The molecule has 0 spiro atoms. The Bertz CT molecular complexity index is 374. The van der Waals surface area contributed by atoms with E-state index in [9.17, 15) is 0 Å².